The minimum Gasteiger partial charge on any atom is -0.478 e. The summed E-state index contributed by atoms with van der Waals surface area (Å²) in [6.07, 6.45) is -0.748. The van der Waals surface area contributed by atoms with Crippen LogP contribution in [0.5, 0.6) is 0 Å². The summed E-state index contributed by atoms with van der Waals surface area (Å²) in [5, 5.41) is 22.2. The third kappa shape index (κ3) is 4.35. The Morgan fingerprint density at radius 3 is 2.00 bits per heavy atom. The quantitative estimate of drug-likeness (QED) is 0.558. The Bertz CT molecular complexity index is 1070. The maximum absolute atomic E-state index is 11.2. The first kappa shape index (κ1) is 21.1. The lowest BCUT2D eigenvalue weighted by Gasteiger charge is -2.29. The highest BCUT2D eigenvalue weighted by atomic mass is 16.4. The van der Waals surface area contributed by atoms with Crippen LogP contribution in [0.3, 0.4) is 0 Å². The summed E-state index contributed by atoms with van der Waals surface area (Å²) in [5.41, 5.74) is 4.29. The normalized spacial score (nSPS) is 13.5. The van der Waals surface area contributed by atoms with Gasteiger partial charge in [-0.05, 0) is 62.1 Å². The first-order valence-electron chi connectivity index (χ1n) is 9.98. The van der Waals surface area contributed by atoms with Gasteiger partial charge >= 0.3 is 5.97 Å². The van der Waals surface area contributed by atoms with E-state index in [9.17, 15) is 15.0 Å². The van der Waals surface area contributed by atoms with Crippen LogP contribution < -0.4 is 0 Å². The number of carbonyl (C=O) groups is 1. The number of hydrogen-bond donors (Lipinski definition) is 2. The van der Waals surface area contributed by atoms with Crippen LogP contribution in [0.25, 0.3) is 10.8 Å². The SMILES string of the molecule is CC(C)(C)c1ccc(C(O)c2ccc3cc(C(=O)O)ccc3c2)c(C(C)(C)C)c1. The molecule has 1 atom stereocenters. The van der Waals surface area contributed by atoms with Crippen molar-refractivity contribution in [3.63, 3.8) is 0 Å². The van der Waals surface area contributed by atoms with E-state index in [2.05, 4.69) is 53.7 Å². The van der Waals surface area contributed by atoms with E-state index in [4.69, 9.17) is 0 Å². The molecule has 29 heavy (non-hydrogen) atoms. The molecule has 2 N–H and O–H groups in total. The lowest BCUT2D eigenvalue weighted by molar-refractivity contribution is 0.0697. The van der Waals surface area contributed by atoms with Crippen LogP contribution >= 0.6 is 0 Å². The fraction of sp³-hybridized carbons (Fsp3) is 0.346. The van der Waals surface area contributed by atoms with Crippen LogP contribution in [-0.2, 0) is 10.8 Å². The Balaban J connectivity index is 2.08. The minimum absolute atomic E-state index is 0.0360. The monoisotopic (exact) mass is 390 g/mol. The first-order chi connectivity index (χ1) is 13.4. The van der Waals surface area contributed by atoms with Crippen molar-refractivity contribution in [1.82, 2.24) is 0 Å². The van der Waals surface area contributed by atoms with Crippen molar-refractivity contribution in [3.05, 3.63) is 82.4 Å². The second-order valence-corrected chi connectivity index (χ2v) is 9.83. The summed E-state index contributed by atoms with van der Waals surface area (Å²) >= 11 is 0. The van der Waals surface area contributed by atoms with Crippen molar-refractivity contribution in [2.45, 2.75) is 58.5 Å². The van der Waals surface area contributed by atoms with Gasteiger partial charge in [0.15, 0.2) is 0 Å². The van der Waals surface area contributed by atoms with Crippen molar-refractivity contribution < 1.29 is 15.0 Å². The topological polar surface area (TPSA) is 57.5 Å². The molecule has 3 rings (SSSR count). The molecule has 3 aromatic rings. The van der Waals surface area contributed by atoms with Gasteiger partial charge in [0.2, 0.25) is 0 Å². The van der Waals surface area contributed by atoms with E-state index >= 15 is 0 Å². The van der Waals surface area contributed by atoms with E-state index in [1.165, 1.54) is 5.56 Å². The zero-order valence-corrected chi connectivity index (χ0v) is 18.1. The van der Waals surface area contributed by atoms with Gasteiger partial charge in [0.25, 0.3) is 0 Å². The Kier molecular flexibility index (Phi) is 5.31. The smallest absolute Gasteiger partial charge is 0.335 e. The number of rotatable bonds is 3. The molecule has 0 radical (unpaired) electrons. The molecule has 152 valence electrons. The summed E-state index contributed by atoms with van der Waals surface area (Å²) in [6.45, 7) is 13.1. The molecule has 0 fully saturated rings. The molecule has 3 aromatic carbocycles. The number of hydrogen-bond acceptors (Lipinski definition) is 2. The Labute approximate surface area is 173 Å². The van der Waals surface area contributed by atoms with E-state index in [1.807, 2.05) is 24.3 Å². The van der Waals surface area contributed by atoms with Gasteiger partial charge < -0.3 is 10.2 Å². The molecule has 0 aliphatic rings. The second-order valence-electron chi connectivity index (χ2n) is 9.83. The summed E-state index contributed by atoms with van der Waals surface area (Å²) in [7, 11) is 0. The Morgan fingerprint density at radius 1 is 0.793 bits per heavy atom. The van der Waals surface area contributed by atoms with Gasteiger partial charge in [-0.1, -0.05) is 77.9 Å². The number of aliphatic hydroxyl groups excluding tert-OH is 1. The number of benzene rings is 3. The third-order valence-electron chi connectivity index (χ3n) is 5.45. The van der Waals surface area contributed by atoms with Crippen LogP contribution in [-0.4, -0.2) is 16.2 Å². The van der Waals surface area contributed by atoms with Crippen molar-refractivity contribution in [3.8, 4) is 0 Å². The second kappa shape index (κ2) is 7.31. The highest BCUT2D eigenvalue weighted by molar-refractivity contribution is 5.94. The minimum atomic E-state index is -0.940. The average Bonchev–Trinajstić information content (AvgIpc) is 2.64. The number of carboxylic acids is 1. The zero-order valence-electron chi connectivity index (χ0n) is 18.1. The zero-order chi connectivity index (χ0) is 21.6. The van der Waals surface area contributed by atoms with Crippen molar-refractivity contribution in [1.29, 1.82) is 0 Å². The van der Waals surface area contributed by atoms with E-state index in [1.54, 1.807) is 18.2 Å². The number of carboxylic acid groups (broad SMARTS) is 1. The summed E-state index contributed by atoms with van der Waals surface area (Å²) in [6, 6.07) is 17.1. The molecule has 3 heteroatoms. The molecular formula is C26H30O3. The van der Waals surface area contributed by atoms with Crippen LogP contribution in [0.1, 0.15) is 80.3 Å². The first-order valence-corrected chi connectivity index (χ1v) is 9.98. The third-order valence-corrected chi connectivity index (χ3v) is 5.45. The summed E-state index contributed by atoms with van der Waals surface area (Å²) in [4.78, 5) is 11.2. The highest BCUT2D eigenvalue weighted by Gasteiger charge is 2.25. The molecular weight excluding hydrogens is 360 g/mol. The molecule has 0 aliphatic heterocycles. The average molecular weight is 391 g/mol. The predicted octanol–water partition coefficient (Wildman–Crippen LogP) is 6.21. The van der Waals surface area contributed by atoms with Gasteiger partial charge in [-0.2, -0.15) is 0 Å². The van der Waals surface area contributed by atoms with Crippen LogP contribution in [0.4, 0.5) is 0 Å². The number of aliphatic hydroxyl groups is 1. The van der Waals surface area contributed by atoms with E-state index < -0.39 is 12.1 Å². The van der Waals surface area contributed by atoms with E-state index in [-0.39, 0.29) is 16.4 Å². The molecule has 0 spiro atoms. The summed E-state index contributed by atoms with van der Waals surface area (Å²) < 4.78 is 0. The fourth-order valence-electron chi connectivity index (χ4n) is 3.66. The van der Waals surface area contributed by atoms with Gasteiger partial charge in [-0.15, -0.1) is 0 Å². The van der Waals surface area contributed by atoms with Crippen molar-refractivity contribution in [2.75, 3.05) is 0 Å². The number of aromatic carboxylic acids is 1. The predicted molar refractivity (Wildman–Crippen MR) is 119 cm³/mol. The molecule has 0 bridgehead atoms. The fourth-order valence-corrected chi connectivity index (χ4v) is 3.66. The largest absolute Gasteiger partial charge is 0.478 e. The van der Waals surface area contributed by atoms with Gasteiger partial charge in [0.05, 0.1) is 5.56 Å². The molecule has 3 nitrogen and oxygen atoms in total. The van der Waals surface area contributed by atoms with Crippen LogP contribution in [0.15, 0.2) is 54.6 Å². The van der Waals surface area contributed by atoms with Gasteiger partial charge in [-0.25, -0.2) is 4.79 Å². The van der Waals surface area contributed by atoms with E-state index in [0.29, 0.717) is 0 Å². The molecule has 0 heterocycles. The molecule has 0 saturated carbocycles. The summed E-state index contributed by atoms with van der Waals surface area (Å²) in [5.74, 6) is -0.940. The van der Waals surface area contributed by atoms with E-state index in [0.717, 1.165) is 27.5 Å². The van der Waals surface area contributed by atoms with Crippen LogP contribution in [0, 0.1) is 0 Å². The lowest BCUT2D eigenvalue weighted by atomic mass is 9.77. The molecule has 0 aliphatic carbocycles. The Hall–Kier alpha value is -2.65. The maximum Gasteiger partial charge on any atom is 0.335 e. The lowest BCUT2D eigenvalue weighted by Crippen LogP contribution is -2.20. The van der Waals surface area contributed by atoms with Gasteiger partial charge in [0, 0.05) is 0 Å². The standard InChI is InChI=1S/C26H30O3/c1-25(2,3)20-11-12-21(22(15-20)26(4,5)6)23(27)18-9-7-17-14-19(24(28)29)10-8-16(17)13-18/h7-15,23,27H,1-6H3,(H,28,29). The van der Waals surface area contributed by atoms with Gasteiger partial charge in [0.1, 0.15) is 6.10 Å². The van der Waals surface area contributed by atoms with Crippen molar-refractivity contribution >= 4 is 16.7 Å². The van der Waals surface area contributed by atoms with Gasteiger partial charge in [-0.3, -0.25) is 0 Å². The molecule has 0 aromatic heterocycles. The highest BCUT2D eigenvalue weighted by Crippen LogP contribution is 2.36. The molecule has 0 amide bonds. The molecule has 1 unspecified atom stereocenters. The molecule has 0 saturated heterocycles. The Morgan fingerprint density at radius 2 is 1.41 bits per heavy atom. The van der Waals surface area contributed by atoms with Crippen molar-refractivity contribution in [2.24, 2.45) is 0 Å². The van der Waals surface area contributed by atoms with Crippen LogP contribution in [0.2, 0.25) is 0 Å². The number of fused-ring (bicyclic) bond motifs is 1. The maximum atomic E-state index is 11.2.